The van der Waals surface area contributed by atoms with Crippen LogP contribution in [0.4, 0.5) is 8.78 Å². The molecule has 2 N–H and O–H groups in total. The second-order valence-electron chi connectivity index (χ2n) is 4.78. The zero-order valence-corrected chi connectivity index (χ0v) is 13.1. The van der Waals surface area contributed by atoms with Crippen LogP contribution in [-0.4, -0.2) is 6.04 Å². The third-order valence-electron chi connectivity index (χ3n) is 3.16. The largest absolute Gasteiger partial charge is 0.327 e. The van der Waals surface area contributed by atoms with Crippen molar-refractivity contribution in [3.05, 3.63) is 58.6 Å². The molecule has 0 saturated heterocycles. The fraction of sp³-hybridized carbons (Fsp3) is 0.250. The van der Waals surface area contributed by atoms with Crippen LogP contribution >= 0.6 is 23.4 Å². The first-order valence-electron chi connectivity index (χ1n) is 6.67. The maximum absolute atomic E-state index is 13.8. The van der Waals surface area contributed by atoms with Crippen LogP contribution in [0, 0.1) is 11.6 Å². The van der Waals surface area contributed by atoms with Gasteiger partial charge in [0.05, 0.1) is 5.02 Å². The van der Waals surface area contributed by atoms with E-state index in [2.05, 4.69) is 0 Å². The Morgan fingerprint density at radius 1 is 1.24 bits per heavy atom. The molecule has 2 aromatic carbocycles. The second-order valence-corrected chi connectivity index (χ2v) is 6.24. The minimum absolute atomic E-state index is 0.0286. The molecular weight excluding hydrogens is 312 g/mol. The van der Waals surface area contributed by atoms with Gasteiger partial charge in [-0.15, -0.1) is 0 Å². The van der Waals surface area contributed by atoms with Crippen LogP contribution in [0.5, 0.6) is 0 Å². The molecule has 0 aliphatic heterocycles. The highest BCUT2D eigenvalue weighted by Crippen LogP contribution is 2.37. The maximum Gasteiger partial charge on any atom is 0.140 e. The fourth-order valence-corrected chi connectivity index (χ4v) is 3.19. The van der Waals surface area contributed by atoms with E-state index >= 15 is 0 Å². The molecule has 0 amide bonds. The molecule has 0 saturated carbocycles. The summed E-state index contributed by atoms with van der Waals surface area (Å²) in [6.07, 6.45) is 1.52. The summed E-state index contributed by atoms with van der Waals surface area (Å²) in [6, 6.07) is 9.10. The zero-order valence-electron chi connectivity index (χ0n) is 11.6. The minimum Gasteiger partial charge on any atom is -0.327 e. The predicted molar refractivity (Wildman–Crippen MR) is 83.9 cm³/mol. The summed E-state index contributed by atoms with van der Waals surface area (Å²) >= 11 is 7.43. The summed E-state index contributed by atoms with van der Waals surface area (Å²) in [5.74, 6) is -1.19. The molecule has 0 aliphatic carbocycles. The van der Waals surface area contributed by atoms with Crippen LogP contribution in [0.25, 0.3) is 0 Å². The molecule has 2 rings (SSSR count). The second kappa shape index (κ2) is 7.25. The van der Waals surface area contributed by atoms with Gasteiger partial charge in [0, 0.05) is 21.9 Å². The third kappa shape index (κ3) is 4.19. The van der Waals surface area contributed by atoms with Crippen LogP contribution in [0.2, 0.25) is 5.02 Å². The average molecular weight is 328 g/mol. The Hall–Kier alpha value is -1.10. The molecule has 0 aromatic heterocycles. The Morgan fingerprint density at radius 2 is 2.00 bits per heavy atom. The first kappa shape index (κ1) is 16.3. The lowest BCUT2D eigenvalue weighted by Crippen LogP contribution is -2.21. The van der Waals surface area contributed by atoms with Crippen molar-refractivity contribution in [1.82, 2.24) is 0 Å². The van der Waals surface area contributed by atoms with Crippen molar-refractivity contribution < 1.29 is 8.78 Å². The van der Waals surface area contributed by atoms with Gasteiger partial charge in [-0.3, -0.25) is 0 Å². The number of rotatable bonds is 5. The van der Waals surface area contributed by atoms with Crippen molar-refractivity contribution in [2.45, 2.75) is 35.6 Å². The van der Waals surface area contributed by atoms with Gasteiger partial charge in [-0.2, -0.15) is 0 Å². The Bertz CT molecular complexity index is 634. The SMILES string of the molecule is CCC(N)Cc1cccc(Cl)c1Sc1ccc(F)cc1F. The maximum atomic E-state index is 13.8. The van der Waals surface area contributed by atoms with Crippen molar-refractivity contribution in [3.8, 4) is 0 Å². The summed E-state index contributed by atoms with van der Waals surface area (Å²) in [4.78, 5) is 1.12. The Labute approximate surface area is 132 Å². The standard InChI is InChI=1S/C16H16ClF2NS/c1-2-12(20)8-10-4-3-5-13(17)16(10)21-15-7-6-11(18)9-14(15)19/h3-7,9,12H,2,8,20H2,1H3. The summed E-state index contributed by atoms with van der Waals surface area (Å²) < 4.78 is 26.8. The Morgan fingerprint density at radius 3 is 2.67 bits per heavy atom. The Kier molecular flexibility index (Phi) is 5.62. The topological polar surface area (TPSA) is 26.0 Å². The molecule has 1 atom stereocenters. The molecule has 5 heteroatoms. The van der Waals surface area contributed by atoms with E-state index in [1.165, 1.54) is 23.9 Å². The van der Waals surface area contributed by atoms with Crippen LogP contribution in [-0.2, 0) is 6.42 Å². The molecule has 0 spiro atoms. The van der Waals surface area contributed by atoms with Gasteiger partial charge in [-0.25, -0.2) is 8.78 Å². The van der Waals surface area contributed by atoms with E-state index in [0.717, 1.165) is 22.9 Å². The third-order valence-corrected chi connectivity index (χ3v) is 4.83. The highest BCUT2D eigenvalue weighted by molar-refractivity contribution is 7.99. The molecule has 0 heterocycles. The molecule has 2 aromatic rings. The van der Waals surface area contributed by atoms with Gasteiger partial charge in [-0.1, -0.05) is 42.4 Å². The summed E-state index contributed by atoms with van der Waals surface area (Å²) in [7, 11) is 0. The van der Waals surface area contributed by atoms with Crippen molar-refractivity contribution in [1.29, 1.82) is 0 Å². The first-order valence-corrected chi connectivity index (χ1v) is 7.86. The van der Waals surface area contributed by atoms with Crippen LogP contribution in [0.1, 0.15) is 18.9 Å². The van der Waals surface area contributed by atoms with Gasteiger partial charge in [-0.05, 0) is 36.6 Å². The first-order chi connectivity index (χ1) is 10.0. The van der Waals surface area contributed by atoms with Gasteiger partial charge in [0.1, 0.15) is 11.6 Å². The van der Waals surface area contributed by atoms with Crippen molar-refractivity contribution in [3.63, 3.8) is 0 Å². The zero-order chi connectivity index (χ0) is 15.4. The van der Waals surface area contributed by atoms with Gasteiger partial charge < -0.3 is 5.73 Å². The smallest absolute Gasteiger partial charge is 0.140 e. The predicted octanol–water partition coefficient (Wildman–Crippen LogP) is 5.05. The van der Waals surface area contributed by atoms with Crippen molar-refractivity contribution in [2.24, 2.45) is 5.73 Å². The normalized spacial score (nSPS) is 12.4. The molecule has 0 fully saturated rings. The van der Waals surface area contributed by atoms with E-state index < -0.39 is 11.6 Å². The monoisotopic (exact) mass is 327 g/mol. The number of hydrogen-bond donors (Lipinski definition) is 1. The molecule has 21 heavy (non-hydrogen) atoms. The van der Waals surface area contributed by atoms with Crippen LogP contribution in [0.3, 0.4) is 0 Å². The van der Waals surface area contributed by atoms with E-state index in [1.54, 1.807) is 6.07 Å². The van der Waals surface area contributed by atoms with E-state index in [0.29, 0.717) is 16.3 Å². The average Bonchev–Trinajstić information content (AvgIpc) is 2.44. The Balaban J connectivity index is 2.34. The molecule has 0 bridgehead atoms. The minimum atomic E-state index is -0.593. The summed E-state index contributed by atoms with van der Waals surface area (Å²) in [5.41, 5.74) is 6.97. The van der Waals surface area contributed by atoms with Crippen LogP contribution in [0.15, 0.2) is 46.2 Å². The lowest BCUT2D eigenvalue weighted by Gasteiger charge is -2.14. The molecular formula is C16H16ClF2NS. The highest BCUT2D eigenvalue weighted by atomic mass is 35.5. The number of halogens is 3. The molecule has 1 nitrogen and oxygen atoms in total. The summed E-state index contributed by atoms with van der Waals surface area (Å²) in [6.45, 7) is 2.02. The van der Waals surface area contributed by atoms with Crippen molar-refractivity contribution >= 4 is 23.4 Å². The van der Waals surface area contributed by atoms with Crippen LogP contribution < -0.4 is 5.73 Å². The van der Waals surface area contributed by atoms with E-state index in [-0.39, 0.29) is 6.04 Å². The van der Waals surface area contributed by atoms with Gasteiger partial charge in [0.15, 0.2) is 0 Å². The molecule has 112 valence electrons. The lowest BCUT2D eigenvalue weighted by molar-refractivity contribution is 0.565. The number of hydrogen-bond acceptors (Lipinski definition) is 2. The molecule has 0 aliphatic rings. The number of nitrogens with two attached hydrogens (primary N) is 1. The summed E-state index contributed by atoms with van der Waals surface area (Å²) in [5, 5.41) is 0.546. The quantitative estimate of drug-likeness (QED) is 0.831. The van der Waals surface area contributed by atoms with E-state index in [9.17, 15) is 8.78 Å². The van der Waals surface area contributed by atoms with E-state index in [4.69, 9.17) is 17.3 Å². The van der Waals surface area contributed by atoms with E-state index in [1.807, 2.05) is 19.1 Å². The van der Waals surface area contributed by atoms with Gasteiger partial charge in [0.2, 0.25) is 0 Å². The van der Waals surface area contributed by atoms with Crippen molar-refractivity contribution in [2.75, 3.05) is 0 Å². The molecule has 1 unspecified atom stereocenters. The van der Waals surface area contributed by atoms with Gasteiger partial charge >= 0.3 is 0 Å². The molecule has 0 radical (unpaired) electrons. The fourth-order valence-electron chi connectivity index (χ4n) is 1.92. The lowest BCUT2D eigenvalue weighted by atomic mass is 10.0. The number of benzene rings is 2. The van der Waals surface area contributed by atoms with Gasteiger partial charge in [0.25, 0.3) is 0 Å². The highest BCUT2D eigenvalue weighted by Gasteiger charge is 2.14.